The van der Waals surface area contributed by atoms with Gasteiger partial charge in [0.15, 0.2) is 0 Å². The van der Waals surface area contributed by atoms with Crippen LogP contribution in [0, 0.1) is 56.7 Å². The second-order valence-electron chi connectivity index (χ2n) is 20.1. The summed E-state index contributed by atoms with van der Waals surface area (Å²) in [6, 6.07) is 0. The van der Waals surface area contributed by atoms with Gasteiger partial charge in [-0.15, -0.1) is 0 Å². The molecule has 6 unspecified atom stereocenters. The van der Waals surface area contributed by atoms with Crippen LogP contribution in [0.15, 0.2) is 11.6 Å². The molecule has 0 heterocycles. The summed E-state index contributed by atoms with van der Waals surface area (Å²) >= 11 is 0. The second-order valence-corrected chi connectivity index (χ2v) is 20.1. The Bertz CT molecular complexity index is 1100. The zero-order chi connectivity index (χ0) is 34.8. The summed E-state index contributed by atoms with van der Waals surface area (Å²) in [6.07, 6.45) is 32.7. The Morgan fingerprint density at radius 2 is 1.31 bits per heavy atom. The Morgan fingerprint density at radius 3 is 1.94 bits per heavy atom. The zero-order valence-electron chi connectivity index (χ0n) is 33.6. The fourth-order valence-corrected chi connectivity index (χ4v) is 13.5. The summed E-state index contributed by atoms with van der Waals surface area (Å²) in [5.41, 5.74) is 3.40. The van der Waals surface area contributed by atoms with E-state index < -0.39 is 0 Å². The number of fused-ring (bicyclic) bond motifs is 7. The van der Waals surface area contributed by atoms with Crippen molar-refractivity contribution in [3.63, 3.8) is 0 Å². The third-order valence-electron chi connectivity index (χ3n) is 17.1. The van der Waals surface area contributed by atoms with Gasteiger partial charge < -0.3 is 4.74 Å². The van der Waals surface area contributed by atoms with E-state index in [4.69, 9.17) is 4.74 Å². The molecule has 0 aromatic heterocycles. The van der Waals surface area contributed by atoms with Crippen molar-refractivity contribution < 1.29 is 9.53 Å². The largest absolute Gasteiger partial charge is 0.462 e. The lowest BCUT2D eigenvalue weighted by Crippen LogP contribution is -2.65. The minimum absolute atomic E-state index is 0.0311. The van der Waals surface area contributed by atoms with Crippen LogP contribution in [0.25, 0.3) is 0 Å². The van der Waals surface area contributed by atoms with Crippen LogP contribution in [0.3, 0.4) is 0 Å². The highest BCUT2D eigenvalue weighted by molar-refractivity contribution is 5.69. The van der Waals surface area contributed by atoms with Gasteiger partial charge in [0.2, 0.25) is 0 Å². The van der Waals surface area contributed by atoms with Crippen molar-refractivity contribution in [2.24, 2.45) is 56.7 Å². The Labute approximate surface area is 299 Å². The maximum atomic E-state index is 13.2. The summed E-state index contributed by atoms with van der Waals surface area (Å²) in [5.74, 6) is 3.81. The van der Waals surface area contributed by atoms with Crippen molar-refractivity contribution >= 4 is 5.97 Å². The molecule has 4 fully saturated rings. The number of carbonyl (C=O) groups excluding carboxylic acids is 1. The van der Waals surface area contributed by atoms with E-state index in [9.17, 15) is 4.79 Å². The minimum atomic E-state index is 0.0311. The summed E-state index contributed by atoms with van der Waals surface area (Å²) in [7, 11) is 0. The molecular formula is C46H80O2. The van der Waals surface area contributed by atoms with Gasteiger partial charge in [0.1, 0.15) is 6.10 Å². The first-order valence-corrected chi connectivity index (χ1v) is 21.6. The van der Waals surface area contributed by atoms with Gasteiger partial charge in [0.05, 0.1) is 0 Å². The number of unbranched alkanes of at least 4 members (excludes halogenated alkanes) is 12. The van der Waals surface area contributed by atoms with Crippen molar-refractivity contribution in [3.8, 4) is 0 Å². The highest BCUT2D eigenvalue weighted by Gasteiger charge is 2.68. The lowest BCUT2D eigenvalue weighted by atomic mass is 9.33. The Hall–Kier alpha value is -0.790. The van der Waals surface area contributed by atoms with Crippen molar-refractivity contribution in [3.05, 3.63) is 11.6 Å². The van der Waals surface area contributed by atoms with E-state index in [-0.39, 0.29) is 17.5 Å². The van der Waals surface area contributed by atoms with E-state index in [1.165, 1.54) is 128 Å². The normalized spacial score (nSPS) is 41.7. The summed E-state index contributed by atoms with van der Waals surface area (Å²) in [5, 5.41) is 0. The monoisotopic (exact) mass is 665 g/mol. The predicted octanol–water partition coefficient (Wildman–Crippen LogP) is 14.1. The second kappa shape index (κ2) is 15.4. The zero-order valence-corrected chi connectivity index (χ0v) is 33.6. The summed E-state index contributed by atoms with van der Waals surface area (Å²) < 4.78 is 6.42. The Kier molecular flexibility index (Phi) is 12.4. The van der Waals surface area contributed by atoms with Crippen LogP contribution >= 0.6 is 0 Å². The first kappa shape index (κ1) is 38.4. The van der Waals surface area contributed by atoms with E-state index in [2.05, 4.69) is 68.4 Å². The van der Waals surface area contributed by atoms with Gasteiger partial charge in [-0.05, 0) is 115 Å². The number of ether oxygens (including phenoxy) is 1. The fraction of sp³-hybridized carbons (Fsp3) is 0.935. The molecule has 0 saturated heterocycles. The van der Waals surface area contributed by atoms with Crippen LogP contribution < -0.4 is 0 Å². The molecule has 0 amide bonds. The minimum Gasteiger partial charge on any atom is -0.462 e. The number of carbonyl (C=O) groups is 1. The molecule has 10 atom stereocenters. The molecule has 0 aromatic rings. The van der Waals surface area contributed by atoms with Crippen molar-refractivity contribution in [2.75, 3.05) is 0 Å². The molecule has 0 aromatic carbocycles. The van der Waals surface area contributed by atoms with E-state index in [0.717, 1.165) is 36.5 Å². The fourth-order valence-electron chi connectivity index (χ4n) is 13.5. The number of hydrogen-bond acceptors (Lipinski definition) is 2. The molecule has 5 aliphatic carbocycles. The molecule has 4 saturated carbocycles. The molecule has 2 nitrogen and oxygen atoms in total. The van der Waals surface area contributed by atoms with Crippen LogP contribution in [-0.2, 0) is 9.53 Å². The van der Waals surface area contributed by atoms with Crippen molar-refractivity contribution in [2.45, 2.75) is 216 Å². The van der Waals surface area contributed by atoms with Gasteiger partial charge in [-0.25, -0.2) is 0 Å². The van der Waals surface area contributed by atoms with E-state index in [1.54, 1.807) is 0 Å². The molecule has 5 rings (SSSR count). The maximum Gasteiger partial charge on any atom is 0.306 e. The van der Waals surface area contributed by atoms with E-state index >= 15 is 0 Å². The Balaban J connectivity index is 1.12. The first-order chi connectivity index (χ1) is 22.7. The molecule has 0 spiro atoms. The molecule has 0 bridgehead atoms. The van der Waals surface area contributed by atoms with Gasteiger partial charge in [-0.2, -0.15) is 0 Å². The van der Waals surface area contributed by atoms with Crippen LogP contribution in [0.5, 0.6) is 0 Å². The number of hydrogen-bond donors (Lipinski definition) is 0. The van der Waals surface area contributed by atoms with E-state index in [0.29, 0.717) is 34.0 Å². The molecule has 0 radical (unpaired) electrons. The molecule has 2 heteroatoms. The molecule has 276 valence electrons. The lowest BCUT2D eigenvalue weighted by molar-refractivity contribution is -0.213. The molecule has 5 aliphatic rings. The standard InChI is InChI=1S/C46H80O2/c1-10-11-12-13-14-15-16-17-18-19-20-21-22-23-40(47)48-39-28-30-44(7)37(42(39,4)5)27-31-46(9)38(44)25-24-36-41-35(3)34(2)26-29-43(41,6)32-33-45(36,46)8/h24,34-35,37-39,41H,10-23,25-33H2,1-9H3/t34?,35?,37?,38?,39?,41?,43-,44+,45-,46-/m1/s1. The van der Waals surface area contributed by atoms with Crippen molar-refractivity contribution in [1.82, 2.24) is 0 Å². The first-order valence-electron chi connectivity index (χ1n) is 21.6. The topological polar surface area (TPSA) is 26.3 Å². The van der Waals surface area contributed by atoms with Crippen LogP contribution in [0.1, 0.15) is 210 Å². The predicted molar refractivity (Wildman–Crippen MR) is 205 cm³/mol. The van der Waals surface area contributed by atoms with E-state index in [1.807, 2.05) is 5.57 Å². The van der Waals surface area contributed by atoms with Gasteiger partial charge in [-0.3, -0.25) is 4.79 Å². The number of allylic oxidation sites excluding steroid dienone is 2. The molecule has 0 N–H and O–H groups in total. The van der Waals surface area contributed by atoms with Crippen LogP contribution in [-0.4, -0.2) is 12.1 Å². The summed E-state index contributed by atoms with van der Waals surface area (Å²) in [4.78, 5) is 13.2. The maximum absolute atomic E-state index is 13.2. The quantitative estimate of drug-likeness (QED) is 0.0989. The average Bonchev–Trinajstić information content (AvgIpc) is 3.03. The van der Waals surface area contributed by atoms with Gasteiger partial charge in [-0.1, -0.05) is 151 Å². The SMILES string of the molecule is CCCCCCCCCCCCCCCC(=O)OC1CC[C@@]2(C)C(CC[C@]3(C)C2CC=C2C4C(C)C(C)CC[C@]4(C)CC[C@]23C)C1(C)C. The molecule has 48 heavy (non-hydrogen) atoms. The van der Waals surface area contributed by atoms with Crippen LogP contribution in [0.2, 0.25) is 0 Å². The summed E-state index contributed by atoms with van der Waals surface area (Å²) in [6.45, 7) is 23.1. The smallest absolute Gasteiger partial charge is 0.306 e. The number of esters is 1. The van der Waals surface area contributed by atoms with Gasteiger partial charge in [0, 0.05) is 11.8 Å². The molecule has 0 aliphatic heterocycles. The van der Waals surface area contributed by atoms with Gasteiger partial charge >= 0.3 is 5.97 Å². The van der Waals surface area contributed by atoms with Crippen molar-refractivity contribution in [1.29, 1.82) is 0 Å². The lowest BCUT2D eigenvalue weighted by Gasteiger charge is -2.71. The third-order valence-corrected chi connectivity index (χ3v) is 17.1. The third kappa shape index (κ3) is 7.14. The Morgan fingerprint density at radius 1 is 0.708 bits per heavy atom. The van der Waals surface area contributed by atoms with Gasteiger partial charge in [0.25, 0.3) is 0 Å². The van der Waals surface area contributed by atoms with Crippen LogP contribution in [0.4, 0.5) is 0 Å². The molecular weight excluding hydrogens is 585 g/mol. The number of rotatable bonds is 15. The highest BCUT2D eigenvalue weighted by atomic mass is 16.5. The highest BCUT2D eigenvalue weighted by Crippen LogP contribution is 2.75. The average molecular weight is 665 g/mol.